The zero-order valence-corrected chi connectivity index (χ0v) is 12.5. The third kappa shape index (κ3) is 3.85. The normalized spacial score (nSPS) is 18.9. The molecule has 1 atom stereocenters. The van der Waals surface area contributed by atoms with Gasteiger partial charge in [0.1, 0.15) is 5.75 Å². The van der Waals surface area contributed by atoms with Gasteiger partial charge in [0.25, 0.3) is 0 Å². The number of hydrogen-bond acceptors (Lipinski definition) is 3. The summed E-state index contributed by atoms with van der Waals surface area (Å²) >= 11 is 6.15. The first-order valence-electron chi connectivity index (χ1n) is 7.09. The number of rotatable bonds is 4. The van der Waals surface area contributed by atoms with Gasteiger partial charge in [-0.1, -0.05) is 11.6 Å². The van der Waals surface area contributed by atoms with E-state index in [0.29, 0.717) is 12.6 Å². The van der Waals surface area contributed by atoms with E-state index in [-0.39, 0.29) is 0 Å². The lowest BCUT2D eigenvalue weighted by molar-refractivity contribution is 0.218. The molecule has 19 heavy (non-hydrogen) atoms. The molecule has 1 heterocycles. The first-order valence-corrected chi connectivity index (χ1v) is 7.47. The quantitative estimate of drug-likeness (QED) is 0.918. The lowest BCUT2D eigenvalue weighted by Crippen LogP contribution is -2.31. The number of halogens is 1. The Morgan fingerprint density at radius 1 is 1.37 bits per heavy atom. The van der Waals surface area contributed by atoms with Crippen LogP contribution in [0.5, 0.6) is 5.75 Å². The van der Waals surface area contributed by atoms with Crippen LogP contribution < -0.4 is 10.1 Å². The molecular weight excluding hydrogens is 260 g/mol. The Hall–Kier alpha value is -0.770. The highest BCUT2D eigenvalue weighted by Crippen LogP contribution is 2.32. The number of hydrogen-bond donors (Lipinski definition) is 1. The Kier molecular flexibility index (Phi) is 5.49. The molecule has 1 unspecified atom stereocenters. The summed E-state index contributed by atoms with van der Waals surface area (Å²) in [5.41, 5.74) is 1.19. The Balaban J connectivity index is 2.20. The Morgan fingerprint density at radius 3 is 3.00 bits per heavy atom. The van der Waals surface area contributed by atoms with Crippen LogP contribution in [-0.4, -0.2) is 37.7 Å². The average molecular weight is 283 g/mol. The second-order valence-corrected chi connectivity index (χ2v) is 5.37. The van der Waals surface area contributed by atoms with Crippen LogP contribution in [0.2, 0.25) is 5.02 Å². The van der Waals surface area contributed by atoms with Crippen LogP contribution in [0.4, 0.5) is 0 Å². The predicted octanol–water partition coefficient (Wildman–Crippen LogP) is 3.10. The molecule has 0 saturated carbocycles. The fraction of sp³-hybridized carbons (Fsp3) is 0.600. The summed E-state index contributed by atoms with van der Waals surface area (Å²) in [4.78, 5) is 2.49. The van der Waals surface area contributed by atoms with Gasteiger partial charge in [-0.15, -0.1) is 0 Å². The minimum atomic E-state index is 0.333. The molecule has 1 aliphatic heterocycles. The van der Waals surface area contributed by atoms with Gasteiger partial charge in [-0.25, -0.2) is 0 Å². The lowest BCUT2D eigenvalue weighted by Gasteiger charge is -2.29. The topological polar surface area (TPSA) is 24.5 Å². The van der Waals surface area contributed by atoms with Gasteiger partial charge in [0.2, 0.25) is 0 Å². The van der Waals surface area contributed by atoms with Crippen molar-refractivity contribution in [3.05, 3.63) is 28.8 Å². The molecule has 1 aliphatic rings. The Labute approximate surface area is 120 Å². The molecule has 2 rings (SSSR count). The van der Waals surface area contributed by atoms with Crippen molar-refractivity contribution < 1.29 is 4.74 Å². The van der Waals surface area contributed by atoms with E-state index in [1.807, 2.05) is 25.1 Å². The molecule has 1 saturated heterocycles. The van der Waals surface area contributed by atoms with Crippen molar-refractivity contribution in [2.45, 2.75) is 26.3 Å². The SMILES string of the molecule is CCOc1ccc(Cl)cc1C(C)N1CCCNCC1. The Morgan fingerprint density at radius 2 is 2.21 bits per heavy atom. The minimum absolute atomic E-state index is 0.333. The maximum absolute atomic E-state index is 6.15. The zero-order valence-electron chi connectivity index (χ0n) is 11.8. The lowest BCUT2D eigenvalue weighted by atomic mass is 10.1. The molecule has 1 N–H and O–H groups in total. The molecule has 0 aromatic heterocycles. The average Bonchev–Trinajstić information content (AvgIpc) is 2.69. The number of ether oxygens (including phenoxy) is 1. The molecule has 0 radical (unpaired) electrons. The molecule has 1 fully saturated rings. The number of nitrogens with zero attached hydrogens (tertiary/aromatic N) is 1. The molecule has 4 heteroatoms. The highest BCUT2D eigenvalue weighted by Gasteiger charge is 2.20. The van der Waals surface area contributed by atoms with Gasteiger partial charge >= 0.3 is 0 Å². The smallest absolute Gasteiger partial charge is 0.124 e. The molecule has 0 spiro atoms. The third-order valence-corrected chi connectivity index (χ3v) is 3.88. The first-order chi connectivity index (χ1) is 9.22. The second-order valence-electron chi connectivity index (χ2n) is 4.93. The van der Waals surface area contributed by atoms with E-state index < -0.39 is 0 Å². The van der Waals surface area contributed by atoms with Crippen LogP contribution >= 0.6 is 11.6 Å². The van der Waals surface area contributed by atoms with Crippen LogP contribution in [0, 0.1) is 0 Å². The van der Waals surface area contributed by atoms with E-state index in [1.165, 1.54) is 12.0 Å². The van der Waals surface area contributed by atoms with Gasteiger partial charge in [-0.2, -0.15) is 0 Å². The zero-order chi connectivity index (χ0) is 13.7. The van der Waals surface area contributed by atoms with Crippen molar-refractivity contribution in [3.63, 3.8) is 0 Å². The second kappa shape index (κ2) is 7.13. The van der Waals surface area contributed by atoms with E-state index in [9.17, 15) is 0 Å². The summed E-state index contributed by atoms with van der Waals surface area (Å²) < 4.78 is 5.73. The predicted molar refractivity (Wildman–Crippen MR) is 80.1 cm³/mol. The molecule has 0 bridgehead atoms. The molecule has 106 valence electrons. The summed E-state index contributed by atoms with van der Waals surface area (Å²) in [6.07, 6.45) is 1.19. The standard InChI is InChI=1S/C15H23ClN2O/c1-3-19-15-6-5-13(16)11-14(15)12(2)18-9-4-7-17-8-10-18/h5-6,11-12,17H,3-4,7-10H2,1-2H3. The highest BCUT2D eigenvalue weighted by molar-refractivity contribution is 6.30. The summed E-state index contributed by atoms with van der Waals surface area (Å²) in [7, 11) is 0. The molecule has 3 nitrogen and oxygen atoms in total. The first kappa shape index (κ1) is 14.6. The van der Waals surface area contributed by atoms with Gasteiger partial charge in [-0.05, 0) is 51.6 Å². The summed E-state index contributed by atoms with van der Waals surface area (Å²) in [5.74, 6) is 0.955. The van der Waals surface area contributed by atoms with E-state index in [0.717, 1.165) is 37.0 Å². The van der Waals surface area contributed by atoms with E-state index in [1.54, 1.807) is 0 Å². The number of benzene rings is 1. The van der Waals surface area contributed by atoms with Crippen molar-refractivity contribution in [1.82, 2.24) is 10.2 Å². The van der Waals surface area contributed by atoms with Gasteiger partial charge in [0.15, 0.2) is 0 Å². The summed E-state index contributed by atoms with van der Waals surface area (Å²) in [5, 5.41) is 4.21. The fourth-order valence-corrected chi connectivity index (χ4v) is 2.76. The maximum Gasteiger partial charge on any atom is 0.124 e. The monoisotopic (exact) mass is 282 g/mol. The van der Waals surface area contributed by atoms with Crippen LogP contribution in [0.3, 0.4) is 0 Å². The van der Waals surface area contributed by atoms with Gasteiger partial charge in [-0.3, -0.25) is 4.90 Å². The maximum atomic E-state index is 6.15. The molecule has 0 aliphatic carbocycles. The fourth-order valence-electron chi connectivity index (χ4n) is 2.58. The van der Waals surface area contributed by atoms with E-state index in [4.69, 9.17) is 16.3 Å². The van der Waals surface area contributed by atoms with Crippen molar-refractivity contribution >= 4 is 11.6 Å². The van der Waals surface area contributed by atoms with Crippen molar-refractivity contribution in [2.24, 2.45) is 0 Å². The van der Waals surface area contributed by atoms with Crippen LogP contribution in [0.15, 0.2) is 18.2 Å². The van der Waals surface area contributed by atoms with Gasteiger partial charge in [0, 0.05) is 29.7 Å². The van der Waals surface area contributed by atoms with Crippen molar-refractivity contribution in [1.29, 1.82) is 0 Å². The van der Waals surface area contributed by atoms with Gasteiger partial charge in [0.05, 0.1) is 6.61 Å². The third-order valence-electron chi connectivity index (χ3n) is 3.64. The molecule has 0 amide bonds. The molecule has 1 aromatic carbocycles. The summed E-state index contributed by atoms with van der Waals surface area (Å²) in [6, 6.07) is 6.25. The van der Waals surface area contributed by atoms with Crippen LogP contribution in [0.25, 0.3) is 0 Å². The number of nitrogens with one attached hydrogen (secondary N) is 1. The minimum Gasteiger partial charge on any atom is -0.494 e. The summed E-state index contributed by atoms with van der Waals surface area (Å²) in [6.45, 7) is 9.28. The largest absolute Gasteiger partial charge is 0.494 e. The van der Waals surface area contributed by atoms with Crippen molar-refractivity contribution in [2.75, 3.05) is 32.8 Å². The Bertz CT molecular complexity index is 403. The van der Waals surface area contributed by atoms with Gasteiger partial charge < -0.3 is 10.1 Å². The van der Waals surface area contributed by atoms with E-state index in [2.05, 4.69) is 17.1 Å². The van der Waals surface area contributed by atoms with E-state index >= 15 is 0 Å². The highest BCUT2D eigenvalue weighted by atomic mass is 35.5. The van der Waals surface area contributed by atoms with Crippen LogP contribution in [-0.2, 0) is 0 Å². The molecular formula is C15H23ClN2O. The van der Waals surface area contributed by atoms with Crippen LogP contribution in [0.1, 0.15) is 31.9 Å². The molecule has 1 aromatic rings. The van der Waals surface area contributed by atoms with Crippen molar-refractivity contribution in [3.8, 4) is 5.75 Å².